The maximum absolute atomic E-state index is 4.55. The monoisotopic (exact) mass is 249 g/mol. The lowest BCUT2D eigenvalue weighted by molar-refractivity contribution is 0.584. The summed E-state index contributed by atoms with van der Waals surface area (Å²) in [6.45, 7) is 5.16. The number of fused-ring (bicyclic) bond motifs is 1. The molecule has 0 saturated heterocycles. The molecular formula is C13H19N3S. The fourth-order valence-electron chi connectivity index (χ4n) is 1.96. The SMILES string of the molecule is CSCC(C)NCc1c(C)nc2ccccn12. The second kappa shape index (κ2) is 5.56. The Hall–Kier alpha value is -1.00. The third-order valence-corrected chi connectivity index (χ3v) is 3.70. The smallest absolute Gasteiger partial charge is 0.137 e. The van der Waals surface area contributed by atoms with Crippen LogP contribution in [-0.4, -0.2) is 27.4 Å². The normalized spacial score (nSPS) is 13.1. The number of hydrogen-bond donors (Lipinski definition) is 1. The van der Waals surface area contributed by atoms with Crippen molar-refractivity contribution in [2.75, 3.05) is 12.0 Å². The summed E-state index contributed by atoms with van der Waals surface area (Å²) in [5, 5.41) is 3.54. The van der Waals surface area contributed by atoms with E-state index in [1.165, 1.54) is 5.69 Å². The molecule has 4 heteroatoms. The number of rotatable bonds is 5. The Morgan fingerprint density at radius 2 is 2.29 bits per heavy atom. The van der Waals surface area contributed by atoms with E-state index in [2.05, 4.69) is 41.0 Å². The first-order chi connectivity index (χ1) is 8.22. The molecule has 1 atom stereocenters. The quantitative estimate of drug-likeness (QED) is 0.883. The molecule has 1 N–H and O–H groups in total. The topological polar surface area (TPSA) is 29.3 Å². The largest absolute Gasteiger partial charge is 0.308 e. The molecular weight excluding hydrogens is 230 g/mol. The molecule has 0 aliphatic rings. The van der Waals surface area contributed by atoms with E-state index in [1.807, 2.05) is 30.0 Å². The third kappa shape index (κ3) is 2.82. The van der Waals surface area contributed by atoms with Crippen LogP contribution in [0, 0.1) is 6.92 Å². The van der Waals surface area contributed by atoms with Gasteiger partial charge in [-0.3, -0.25) is 0 Å². The second-order valence-electron chi connectivity index (χ2n) is 4.31. The van der Waals surface area contributed by atoms with Crippen LogP contribution in [-0.2, 0) is 6.54 Å². The van der Waals surface area contributed by atoms with E-state index in [1.54, 1.807) is 0 Å². The van der Waals surface area contributed by atoms with Crippen LogP contribution >= 0.6 is 11.8 Å². The van der Waals surface area contributed by atoms with E-state index < -0.39 is 0 Å². The number of aryl methyl sites for hydroxylation is 1. The van der Waals surface area contributed by atoms with E-state index in [-0.39, 0.29) is 0 Å². The van der Waals surface area contributed by atoms with Gasteiger partial charge in [0.2, 0.25) is 0 Å². The minimum absolute atomic E-state index is 0.527. The zero-order valence-electron chi connectivity index (χ0n) is 10.6. The minimum Gasteiger partial charge on any atom is -0.308 e. The van der Waals surface area contributed by atoms with E-state index >= 15 is 0 Å². The van der Waals surface area contributed by atoms with Crippen molar-refractivity contribution < 1.29 is 0 Å². The van der Waals surface area contributed by atoms with Gasteiger partial charge in [-0.25, -0.2) is 4.98 Å². The molecule has 0 radical (unpaired) electrons. The van der Waals surface area contributed by atoms with Gasteiger partial charge in [0, 0.05) is 24.5 Å². The summed E-state index contributed by atoms with van der Waals surface area (Å²) in [5.41, 5.74) is 3.40. The first kappa shape index (κ1) is 12.5. The molecule has 0 saturated carbocycles. The summed E-state index contributed by atoms with van der Waals surface area (Å²) in [6.07, 6.45) is 4.21. The molecule has 3 nitrogen and oxygen atoms in total. The standard InChI is InChI=1S/C13H19N3S/c1-10(9-17-3)14-8-12-11(2)15-13-6-4-5-7-16(12)13/h4-7,10,14H,8-9H2,1-3H3. The molecule has 0 fully saturated rings. The maximum atomic E-state index is 4.55. The molecule has 0 aromatic carbocycles. The van der Waals surface area contributed by atoms with Crippen molar-refractivity contribution in [2.45, 2.75) is 26.4 Å². The number of aromatic nitrogens is 2. The van der Waals surface area contributed by atoms with Crippen molar-refractivity contribution in [1.82, 2.24) is 14.7 Å². The zero-order valence-corrected chi connectivity index (χ0v) is 11.4. The Bertz CT molecular complexity index is 492. The summed E-state index contributed by atoms with van der Waals surface area (Å²) in [6, 6.07) is 6.64. The van der Waals surface area contributed by atoms with E-state index in [4.69, 9.17) is 0 Å². The maximum Gasteiger partial charge on any atom is 0.137 e. The number of imidazole rings is 1. The molecule has 0 amide bonds. The van der Waals surface area contributed by atoms with Gasteiger partial charge in [-0.15, -0.1) is 0 Å². The van der Waals surface area contributed by atoms with E-state index in [0.29, 0.717) is 6.04 Å². The molecule has 0 aliphatic heterocycles. The number of hydrogen-bond acceptors (Lipinski definition) is 3. The predicted molar refractivity (Wildman–Crippen MR) is 74.6 cm³/mol. The van der Waals surface area contributed by atoms with Crippen LogP contribution in [0.2, 0.25) is 0 Å². The molecule has 0 spiro atoms. The van der Waals surface area contributed by atoms with Gasteiger partial charge < -0.3 is 9.72 Å². The van der Waals surface area contributed by atoms with Crippen LogP contribution in [0.15, 0.2) is 24.4 Å². The summed E-state index contributed by atoms with van der Waals surface area (Å²) < 4.78 is 2.16. The van der Waals surface area contributed by atoms with Gasteiger partial charge in [-0.05, 0) is 32.2 Å². The van der Waals surface area contributed by atoms with Crippen molar-refractivity contribution in [2.24, 2.45) is 0 Å². The molecule has 2 rings (SSSR count). The average Bonchev–Trinajstić information content (AvgIpc) is 2.62. The molecule has 0 aliphatic carbocycles. The summed E-state index contributed by atoms with van der Waals surface area (Å²) >= 11 is 1.87. The van der Waals surface area contributed by atoms with Crippen molar-refractivity contribution >= 4 is 17.4 Å². The molecule has 0 bridgehead atoms. The van der Waals surface area contributed by atoms with Gasteiger partial charge in [-0.1, -0.05) is 6.07 Å². The van der Waals surface area contributed by atoms with Crippen LogP contribution in [0.3, 0.4) is 0 Å². The van der Waals surface area contributed by atoms with Gasteiger partial charge in [0.1, 0.15) is 5.65 Å². The van der Waals surface area contributed by atoms with Crippen molar-refractivity contribution in [1.29, 1.82) is 0 Å². The van der Waals surface area contributed by atoms with Gasteiger partial charge >= 0.3 is 0 Å². The Morgan fingerprint density at radius 1 is 1.47 bits per heavy atom. The third-order valence-electron chi connectivity index (χ3n) is 2.86. The van der Waals surface area contributed by atoms with E-state index in [9.17, 15) is 0 Å². The Kier molecular flexibility index (Phi) is 4.07. The predicted octanol–water partition coefficient (Wildman–Crippen LogP) is 2.48. The Morgan fingerprint density at radius 3 is 3.06 bits per heavy atom. The molecule has 1 unspecified atom stereocenters. The lowest BCUT2D eigenvalue weighted by Gasteiger charge is -2.12. The van der Waals surface area contributed by atoms with Gasteiger partial charge in [0.25, 0.3) is 0 Å². The zero-order chi connectivity index (χ0) is 12.3. The molecule has 2 aromatic rings. The fourth-order valence-corrected chi connectivity index (χ4v) is 2.57. The van der Waals surface area contributed by atoms with Crippen LogP contribution in [0.1, 0.15) is 18.3 Å². The summed E-state index contributed by atoms with van der Waals surface area (Å²) in [5.74, 6) is 1.13. The summed E-state index contributed by atoms with van der Waals surface area (Å²) in [4.78, 5) is 4.55. The molecule has 92 valence electrons. The highest BCUT2D eigenvalue weighted by molar-refractivity contribution is 7.98. The van der Waals surface area contributed by atoms with Gasteiger partial charge in [0.15, 0.2) is 0 Å². The Labute approximate surface area is 107 Å². The van der Waals surface area contributed by atoms with Crippen LogP contribution in [0.4, 0.5) is 0 Å². The first-order valence-corrected chi connectivity index (χ1v) is 7.26. The highest BCUT2D eigenvalue weighted by Crippen LogP contribution is 2.11. The fraction of sp³-hybridized carbons (Fsp3) is 0.462. The lowest BCUT2D eigenvalue weighted by atomic mass is 10.3. The van der Waals surface area contributed by atoms with Crippen molar-refractivity contribution in [3.8, 4) is 0 Å². The number of pyridine rings is 1. The van der Waals surface area contributed by atoms with Gasteiger partial charge in [-0.2, -0.15) is 11.8 Å². The molecule has 17 heavy (non-hydrogen) atoms. The molecule has 2 heterocycles. The van der Waals surface area contributed by atoms with Crippen LogP contribution < -0.4 is 5.32 Å². The highest BCUT2D eigenvalue weighted by atomic mass is 32.2. The Balaban J connectivity index is 2.15. The minimum atomic E-state index is 0.527. The van der Waals surface area contributed by atoms with Crippen LogP contribution in [0.5, 0.6) is 0 Å². The number of thioether (sulfide) groups is 1. The first-order valence-electron chi connectivity index (χ1n) is 5.87. The average molecular weight is 249 g/mol. The number of nitrogens with one attached hydrogen (secondary N) is 1. The van der Waals surface area contributed by atoms with E-state index in [0.717, 1.165) is 23.6 Å². The van der Waals surface area contributed by atoms with Gasteiger partial charge in [0.05, 0.1) is 11.4 Å². The number of nitrogens with zero attached hydrogens (tertiary/aromatic N) is 2. The second-order valence-corrected chi connectivity index (χ2v) is 5.22. The highest BCUT2D eigenvalue weighted by Gasteiger charge is 2.08. The summed E-state index contributed by atoms with van der Waals surface area (Å²) in [7, 11) is 0. The van der Waals surface area contributed by atoms with Crippen LogP contribution in [0.25, 0.3) is 5.65 Å². The molecule has 2 aromatic heterocycles. The van der Waals surface area contributed by atoms with Crippen molar-refractivity contribution in [3.05, 3.63) is 35.8 Å². The lowest BCUT2D eigenvalue weighted by Crippen LogP contribution is -2.28. The van der Waals surface area contributed by atoms with Crippen molar-refractivity contribution in [3.63, 3.8) is 0 Å².